The summed E-state index contributed by atoms with van der Waals surface area (Å²) in [5.74, 6) is 0. The first-order valence-electron chi connectivity index (χ1n) is 6.55. The predicted octanol–water partition coefficient (Wildman–Crippen LogP) is 3.28. The Balaban J connectivity index is 2.33. The van der Waals surface area contributed by atoms with Gasteiger partial charge in [0.15, 0.2) is 0 Å². The Hall–Kier alpha value is -1.39. The van der Waals surface area contributed by atoms with Crippen molar-refractivity contribution >= 4 is 11.6 Å². The van der Waals surface area contributed by atoms with Crippen LogP contribution >= 0.6 is 11.6 Å². The van der Waals surface area contributed by atoms with Gasteiger partial charge in [-0.1, -0.05) is 48.7 Å². The number of halogens is 1. The average molecular weight is 280 g/mol. The minimum Gasteiger partial charge on any atom is -0.390 e. The molecular formula is C14H18ClN3O. The van der Waals surface area contributed by atoms with Crippen LogP contribution in [0.15, 0.2) is 24.3 Å². The minimum absolute atomic E-state index is 0.115. The molecular weight excluding hydrogens is 262 g/mol. The molecule has 1 heterocycles. The van der Waals surface area contributed by atoms with Gasteiger partial charge in [-0.3, -0.25) is 0 Å². The molecule has 0 fully saturated rings. The quantitative estimate of drug-likeness (QED) is 0.826. The summed E-state index contributed by atoms with van der Waals surface area (Å²) in [4.78, 5) is 0. The molecule has 0 aliphatic rings. The Morgan fingerprint density at radius 3 is 2.84 bits per heavy atom. The molecule has 0 saturated carbocycles. The molecule has 0 atom stereocenters. The number of hydrogen-bond donors (Lipinski definition) is 1. The van der Waals surface area contributed by atoms with Gasteiger partial charge < -0.3 is 5.11 Å². The van der Waals surface area contributed by atoms with Crippen molar-refractivity contribution in [1.82, 2.24) is 15.0 Å². The van der Waals surface area contributed by atoms with Gasteiger partial charge in [0.25, 0.3) is 0 Å². The van der Waals surface area contributed by atoms with E-state index in [1.165, 1.54) is 0 Å². The molecule has 4 nitrogen and oxygen atoms in total. The van der Waals surface area contributed by atoms with E-state index in [9.17, 15) is 5.11 Å². The van der Waals surface area contributed by atoms with Crippen molar-refractivity contribution in [3.05, 3.63) is 35.0 Å². The van der Waals surface area contributed by atoms with Gasteiger partial charge in [0.05, 0.1) is 12.3 Å². The molecule has 2 rings (SSSR count). The van der Waals surface area contributed by atoms with E-state index in [4.69, 9.17) is 11.6 Å². The molecule has 0 unspecified atom stereocenters. The van der Waals surface area contributed by atoms with Gasteiger partial charge >= 0.3 is 0 Å². The molecule has 0 bridgehead atoms. The van der Waals surface area contributed by atoms with Crippen molar-refractivity contribution in [2.75, 3.05) is 0 Å². The molecule has 0 aliphatic heterocycles. The second kappa shape index (κ2) is 6.68. The summed E-state index contributed by atoms with van der Waals surface area (Å²) < 4.78 is 1.85. The van der Waals surface area contributed by atoms with Crippen LogP contribution in [0.4, 0.5) is 0 Å². The van der Waals surface area contributed by atoms with E-state index in [0.717, 1.165) is 37.1 Å². The standard InChI is InChI=1S/C14H18ClN3O/c1-2-3-4-8-18-14(13(10-19)16-17-18)11-6-5-7-12(15)9-11/h5-7,9,19H,2-4,8,10H2,1H3. The number of hydrogen-bond acceptors (Lipinski definition) is 3. The zero-order valence-electron chi connectivity index (χ0n) is 11.0. The van der Waals surface area contributed by atoms with Crippen LogP contribution in [-0.2, 0) is 13.2 Å². The summed E-state index contributed by atoms with van der Waals surface area (Å²) in [6, 6.07) is 7.55. The first-order valence-corrected chi connectivity index (χ1v) is 6.93. The number of nitrogens with zero attached hydrogens (tertiary/aromatic N) is 3. The largest absolute Gasteiger partial charge is 0.390 e. The lowest BCUT2D eigenvalue weighted by molar-refractivity contribution is 0.277. The van der Waals surface area contributed by atoms with Crippen LogP contribution in [0.2, 0.25) is 5.02 Å². The summed E-state index contributed by atoms with van der Waals surface area (Å²) in [7, 11) is 0. The number of benzene rings is 1. The van der Waals surface area contributed by atoms with Crippen LogP contribution in [0.25, 0.3) is 11.3 Å². The molecule has 1 aromatic heterocycles. The summed E-state index contributed by atoms with van der Waals surface area (Å²) in [6.45, 7) is 2.86. The third-order valence-corrected chi connectivity index (χ3v) is 3.26. The van der Waals surface area contributed by atoms with Crippen molar-refractivity contribution in [2.45, 2.75) is 39.3 Å². The minimum atomic E-state index is -0.115. The van der Waals surface area contributed by atoms with E-state index in [2.05, 4.69) is 17.2 Å². The Bertz CT molecular complexity index is 539. The topological polar surface area (TPSA) is 50.9 Å². The smallest absolute Gasteiger partial charge is 0.116 e. The number of aryl methyl sites for hydroxylation is 1. The summed E-state index contributed by atoms with van der Waals surface area (Å²) in [5, 5.41) is 18.2. The lowest BCUT2D eigenvalue weighted by atomic mass is 10.1. The fraction of sp³-hybridized carbons (Fsp3) is 0.429. The second-order valence-electron chi connectivity index (χ2n) is 4.48. The Labute approximate surface area is 118 Å². The summed E-state index contributed by atoms with van der Waals surface area (Å²) in [6.07, 6.45) is 3.37. The van der Waals surface area contributed by atoms with Crippen LogP contribution in [0.5, 0.6) is 0 Å². The maximum absolute atomic E-state index is 9.39. The highest BCUT2D eigenvalue weighted by Gasteiger charge is 2.14. The number of aliphatic hydroxyl groups excluding tert-OH is 1. The summed E-state index contributed by atoms with van der Waals surface area (Å²) in [5.41, 5.74) is 2.40. The Kier molecular flexibility index (Phi) is 4.93. The molecule has 0 spiro atoms. The number of aromatic nitrogens is 3. The van der Waals surface area contributed by atoms with Gasteiger partial charge in [-0.05, 0) is 18.6 Å². The molecule has 0 radical (unpaired) electrons. The predicted molar refractivity (Wildman–Crippen MR) is 75.9 cm³/mol. The highest BCUT2D eigenvalue weighted by Crippen LogP contribution is 2.25. The third-order valence-electron chi connectivity index (χ3n) is 3.03. The number of unbranched alkanes of at least 4 members (excludes halogenated alkanes) is 2. The first kappa shape index (κ1) is 14.0. The van der Waals surface area contributed by atoms with Crippen molar-refractivity contribution in [3.63, 3.8) is 0 Å². The molecule has 1 N–H and O–H groups in total. The first-order chi connectivity index (χ1) is 9.26. The van der Waals surface area contributed by atoms with Crippen molar-refractivity contribution in [1.29, 1.82) is 0 Å². The number of aliphatic hydroxyl groups is 1. The van der Waals surface area contributed by atoms with Crippen molar-refractivity contribution < 1.29 is 5.11 Å². The fourth-order valence-corrected chi connectivity index (χ4v) is 2.27. The van der Waals surface area contributed by atoms with Crippen molar-refractivity contribution in [2.24, 2.45) is 0 Å². The lowest BCUT2D eigenvalue weighted by Crippen LogP contribution is -2.03. The van der Waals surface area contributed by atoms with Gasteiger partial charge in [0.2, 0.25) is 0 Å². The van der Waals surface area contributed by atoms with Crippen LogP contribution in [0.1, 0.15) is 31.9 Å². The van der Waals surface area contributed by atoms with Crippen LogP contribution in [0, 0.1) is 0 Å². The Morgan fingerprint density at radius 2 is 2.16 bits per heavy atom. The second-order valence-corrected chi connectivity index (χ2v) is 4.92. The molecule has 1 aromatic carbocycles. The molecule has 5 heteroatoms. The van der Waals surface area contributed by atoms with Gasteiger partial charge in [0, 0.05) is 17.1 Å². The molecule has 0 amide bonds. The summed E-state index contributed by atoms with van der Waals surface area (Å²) >= 11 is 6.02. The average Bonchev–Trinajstić information content (AvgIpc) is 2.82. The van der Waals surface area contributed by atoms with Crippen molar-refractivity contribution in [3.8, 4) is 11.3 Å². The van der Waals surface area contributed by atoms with E-state index in [1.54, 1.807) is 0 Å². The molecule has 2 aromatic rings. The molecule has 102 valence electrons. The monoisotopic (exact) mass is 279 g/mol. The van der Waals surface area contributed by atoms with Crippen LogP contribution in [0.3, 0.4) is 0 Å². The zero-order chi connectivity index (χ0) is 13.7. The number of rotatable bonds is 6. The van der Waals surface area contributed by atoms with Gasteiger partial charge in [-0.25, -0.2) is 4.68 Å². The van der Waals surface area contributed by atoms with Crippen LogP contribution in [-0.4, -0.2) is 20.1 Å². The van der Waals surface area contributed by atoms with E-state index in [-0.39, 0.29) is 6.61 Å². The third kappa shape index (κ3) is 3.33. The molecule has 0 aliphatic carbocycles. The van der Waals surface area contributed by atoms with Gasteiger partial charge in [0.1, 0.15) is 5.69 Å². The highest BCUT2D eigenvalue weighted by atomic mass is 35.5. The maximum Gasteiger partial charge on any atom is 0.116 e. The zero-order valence-corrected chi connectivity index (χ0v) is 11.8. The van der Waals surface area contributed by atoms with E-state index >= 15 is 0 Å². The SMILES string of the molecule is CCCCCn1nnc(CO)c1-c1cccc(Cl)c1. The molecule has 0 saturated heterocycles. The maximum atomic E-state index is 9.39. The van der Waals surface area contributed by atoms with Gasteiger partial charge in [-0.15, -0.1) is 5.10 Å². The van der Waals surface area contributed by atoms with E-state index < -0.39 is 0 Å². The lowest BCUT2D eigenvalue weighted by Gasteiger charge is -2.08. The normalized spacial score (nSPS) is 10.9. The molecule has 19 heavy (non-hydrogen) atoms. The van der Waals surface area contributed by atoms with E-state index in [1.807, 2.05) is 28.9 Å². The van der Waals surface area contributed by atoms with E-state index in [0.29, 0.717) is 10.7 Å². The van der Waals surface area contributed by atoms with Crippen LogP contribution < -0.4 is 0 Å². The fourth-order valence-electron chi connectivity index (χ4n) is 2.08. The Morgan fingerprint density at radius 1 is 1.32 bits per heavy atom. The highest BCUT2D eigenvalue weighted by molar-refractivity contribution is 6.30. The van der Waals surface area contributed by atoms with Gasteiger partial charge in [-0.2, -0.15) is 0 Å².